The van der Waals surface area contributed by atoms with E-state index in [2.05, 4.69) is 33.0 Å². The predicted octanol–water partition coefficient (Wildman–Crippen LogP) is 2.58. The molecule has 112 valence electrons. The fraction of sp³-hybridized carbons (Fsp3) is 1.00. The van der Waals surface area contributed by atoms with Crippen molar-refractivity contribution >= 4 is 0 Å². The Balaban J connectivity index is 1.99. The Hall–Kier alpha value is -0.120. The Kier molecular flexibility index (Phi) is 4.03. The summed E-state index contributed by atoms with van der Waals surface area (Å²) in [5.41, 5.74) is 0.392. The zero-order valence-electron chi connectivity index (χ0n) is 13.3. The van der Waals surface area contributed by atoms with Crippen LogP contribution in [-0.2, 0) is 4.74 Å². The lowest BCUT2D eigenvalue weighted by Crippen LogP contribution is -2.51. The number of likely N-dealkylation sites (N-methyl/N-ethyl adjacent to an activating group) is 1. The molecule has 0 aliphatic heterocycles. The van der Waals surface area contributed by atoms with Crippen LogP contribution in [0.3, 0.4) is 0 Å². The average Bonchev–Trinajstić information content (AvgIpc) is 2.69. The lowest BCUT2D eigenvalue weighted by molar-refractivity contribution is -0.0720. The standard InChI is InChI=1S/C16H31NO2/c1-6-17-15(4,10-18)11-19-13-9-12-7-8-16(13,5)14(12,2)3/h12-13,17-18H,6-11H2,1-5H3. The van der Waals surface area contributed by atoms with Gasteiger partial charge < -0.3 is 15.2 Å². The van der Waals surface area contributed by atoms with E-state index in [0.29, 0.717) is 23.5 Å². The van der Waals surface area contributed by atoms with Crippen molar-refractivity contribution in [2.75, 3.05) is 19.8 Å². The van der Waals surface area contributed by atoms with E-state index < -0.39 is 0 Å². The number of aliphatic hydroxyl groups excluding tert-OH is 1. The minimum atomic E-state index is -0.308. The summed E-state index contributed by atoms with van der Waals surface area (Å²) in [6, 6.07) is 0. The molecular weight excluding hydrogens is 238 g/mol. The van der Waals surface area contributed by atoms with E-state index in [9.17, 15) is 5.11 Å². The highest BCUT2D eigenvalue weighted by Crippen LogP contribution is 2.66. The van der Waals surface area contributed by atoms with Crippen molar-refractivity contribution in [3.05, 3.63) is 0 Å². The minimum absolute atomic E-state index is 0.122. The summed E-state index contributed by atoms with van der Waals surface area (Å²) in [5, 5.41) is 12.9. The lowest BCUT2D eigenvalue weighted by Gasteiger charge is -2.40. The second kappa shape index (κ2) is 5.01. The number of ether oxygens (including phenoxy) is 1. The van der Waals surface area contributed by atoms with Gasteiger partial charge in [-0.3, -0.25) is 0 Å². The third-order valence-corrected chi connectivity index (χ3v) is 6.27. The molecule has 0 amide bonds. The number of hydrogen-bond donors (Lipinski definition) is 2. The lowest BCUT2D eigenvalue weighted by atomic mass is 9.70. The van der Waals surface area contributed by atoms with Gasteiger partial charge in [-0.05, 0) is 49.5 Å². The van der Waals surface area contributed by atoms with Crippen molar-refractivity contribution in [1.29, 1.82) is 0 Å². The van der Waals surface area contributed by atoms with Gasteiger partial charge in [0.2, 0.25) is 0 Å². The molecule has 2 rings (SSSR count). The van der Waals surface area contributed by atoms with Gasteiger partial charge in [0.05, 0.1) is 24.9 Å². The number of hydrogen-bond acceptors (Lipinski definition) is 3. The summed E-state index contributed by atoms with van der Waals surface area (Å²) in [6.45, 7) is 12.9. The Morgan fingerprint density at radius 3 is 2.47 bits per heavy atom. The molecule has 2 saturated carbocycles. The van der Waals surface area contributed by atoms with Crippen LogP contribution in [-0.4, -0.2) is 36.5 Å². The molecule has 0 spiro atoms. The monoisotopic (exact) mass is 269 g/mol. The second-order valence-electron chi connectivity index (χ2n) is 7.66. The zero-order valence-corrected chi connectivity index (χ0v) is 13.3. The van der Waals surface area contributed by atoms with Crippen LogP contribution in [0.15, 0.2) is 0 Å². The molecule has 0 heterocycles. The van der Waals surface area contributed by atoms with Gasteiger partial charge in [0.1, 0.15) is 0 Å². The van der Waals surface area contributed by atoms with Gasteiger partial charge in [-0.1, -0.05) is 27.7 Å². The number of fused-ring (bicyclic) bond motifs is 2. The Morgan fingerprint density at radius 2 is 2.05 bits per heavy atom. The molecular formula is C16H31NO2. The molecule has 2 N–H and O–H groups in total. The van der Waals surface area contributed by atoms with E-state index in [0.717, 1.165) is 12.5 Å². The Labute approximate surface area is 118 Å². The van der Waals surface area contributed by atoms with Crippen LogP contribution in [0.25, 0.3) is 0 Å². The predicted molar refractivity (Wildman–Crippen MR) is 78.1 cm³/mol. The van der Waals surface area contributed by atoms with Crippen LogP contribution in [0.4, 0.5) is 0 Å². The third-order valence-electron chi connectivity index (χ3n) is 6.27. The molecule has 0 aromatic carbocycles. The van der Waals surface area contributed by atoms with E-state index in [1.807, 2.05) is 6.92 Å². The van der Waals surface area contributed by atoms with Gasteiger partial charge in [-0.25, -0.2) is 0 Å². The highest BCUT2D eigenvalue weighted by atomic mass is 16.5. The first-order valence-electron chi connectivity index (χ1n) is 7.76. The molecule has 2 aliphatic carbocycles. The molecule has 3 nitrogen and oxygen atoms in total. The summed E-state index contributed by atoms with van der Waals surface area (Å²) in [6.07, 6.45) is 4.18. The van der Waals surface area contributed by atoms with Crippen molar-refractivity contribution < 1.29 is 9.84 Å². The average molecular weight is 269 g/mol. The summed E-state index contributed by atoms with van der Waals surface area (Å²) >= 11 is 0. The Bertz CT molecular complexity index is 331. The molecule has 0 aromatic heterocycles. The molecule has 4 unspecified atom stereocenters. The quantitative estimate of drug-likeness (QED) is 0.779. The maximum atomic E-state index is 9.55. The van der Waals surface area contributed by atoms with Gasteiger partial charge >= 0.3 is 0 Å². The van der Waals surface area contributed by atoms with Crippen molar-refractivity contribution in [1.82, 2.24) is 5.32 Å². The molecule has 0 radical (unpaired) electrons. The smallest absolute Gasteiger partial charge is 0.0672 e. The van der Waals surface area contributed by atoms with E-state index >= 15 is 0 Å². The fourth-order valence-corrected chi connectivity index (χ4v) is 4.25. The van der Waals surface area contributed by atoms with Crippen LogP contribution >= 0.6 is 0 Å². The van der Waals surface area contributed by atoms with Gasteiger partial charge in [-0.15, -0.1) is 0 Å². The van der Waals surface area contributed by atoms with Crippen LogP contribution in [0, 0.1) is 16.7 Å². The van der Waals surface area contributed by atoms with E-state index in [-0.39, 0.29) is 12.1 Å². The summed E-state index contributed by atoms with van der Waals surface area (Å²) in [7, 11) is 0. The van der Waals surface area contributed by atoms with Crippen molar-refractivity contribution in [3.8, 4) is 0 Å². The van der Waals surface area contributed by atoms with Crippen LogP contribution < -0.4 is 5.32 Å². The molecule has 0 saturated heterocycles. The minimum Gasteiger partial charge on any atom is -0.394 e. The normalized spacial score (nSPS) is 39.5. The molecule has 2 aliphatic rings. The first kappa shape index (κ1) is 15.3. The van der Waals surface area contributed by atoms with Gasteiger partial charge in [0.15, 0.2) is 0 Å². The SMILES string of the molecule is CCNC(C)(CO)COC1CC2CCC1(C)C2(C)C. The Morgan fingerprint density at radius 1 is 1.37 bits per heavy atom. The summed E-state index contributed by atoms with van der Waals surface area (Å²) < 4.78 is 6.26. The first-order valence-corrected chi connectivity index (χ1v) is 7.76. The molecule has 2 bridgehead atoms. The second-order valence-corrected chi connectivity index (χ2v) is 7.66. The van der Waals surface area contributed by atoms with Crippen LogP contribution in [0.1, 0.15) is 53.9 Å². The van der Waals surface area contributed by atoms with Gasteiger partial charge in [0.25, 0.3) is 0 Å². The highest BCUT2D eigenvalue weighted by Gasteiger charge is 2.62. The highest BCUT2D eigenvalue weighted by molar-refractivity contribution is 5.11. The van der Waals surface area contributed by atoms with Gasteiger partial charge in [-0.2, -0.15) is 0 Å². The summed E-state index contributed by atoms with van der Waals surface area (Å²) in [5.74, 6) is 0.807. The maximum absolute atomic E-state index is 9.55. The fourth-order valence-electron chi connectivity index (χ4n) is 4.25. The van der Waals surface area contributed by atoms with Crippen molar-refractivity contribution in [3.63, 3.8) is 0 Å². The van der Waals surface area contributed by atoms with Crippen molar-refractivity contribution in [2.45, 2.75) is 65.5 Å². The number of rotatable bonds is 6. The number of nitrogens with one attached hydrogen (secondary N) is 1. The maximum Gasteiger partial charge on any atom is 0.0672 e. The van der Waals surface area contributed by atoms with Crippen molar-refractivity contribution in [2.24, 2.45) is 16.7 Å². The topological polar surface area (TPSA) is 41.5 Å². The number of aliphatic hydroxyl groups is 1. The molecule has 19 heavy (non-hydrogen) atoms. The molecule has 3 heteroatoms. The van der Waals surface area contributed by atoms with Crippen LogP contribution in [0.2, 0.25) is 0 Å². The molecule has 4 atom stereocenters. The first-order chi connectivity index (χ1) is 8.79. The summed E-state index contributed by atoms with van der Waals surface area (Å²) in [4.78, 5) is 0. The largest absolute Gasteiger partial charge is 0.394 e. The molecule has 0 aromatic rings. The molecule has 2 fully saturated rings. The van der Waals surface area contributed by atoms with Gasteiger partial charge in [0, 0.05) is 0 Å². The van der Waals surface area contributed by atoms with Crippen LogP contribution in [0.5, 0.6) is 0 Å². The third kappa shape index (κ3) is 2.34. The van der Waals surface area contributed by atoms with E-state index in [4.69, 9.17) is 4.74 Å². The van der Waals surface area contributed by atoms with E-state index in [1.165, 1.54) is 19.3 Å². The zero-order chi connectivity index (χ0) is 14.3. The van der Waals surface area contributed by atoms with E-state index in [1.54, 1.807) is 0 Å².